The maximum absolute atomic E-state index is 6.21. The second-order valence-corrected chi connectivity index (χ2v) is 6.02. The second kappa shape index (κ2) is 5.17. The highest BCUT2D eigenvalue weighted by Gasteiger charge is 2.42. The molecule has 3 nitrogen and oxygen atoms in total. The molecule has 1 spiro atoms. The number of hydrogen-bond acceptors (Lipinski definition) is 3. The fourth-order valence-corrected chi connectivity index (χ4v) is 3.43. The first-order valence-corrected chi connectivity index (χ1v) is 7.48. The predicted molar refractivity (Wildman–Crippen MR) is 72.7 cm³/mol. The SMILES string of the molecule is Brc1ncccc1OCC1CCC2(CCCC2)O1. The molecule has 0 N–H and O–H groups in total. The first-order chi connectivity index (χ1) is 8.77. The van der Waals surface area contributed by atoms with Gasteiger partial charge in [-0.3, -0.25) is 0 Å². The summed E-state index contributed by atoms with van der Waals surface area (Å²) in [5.41, 5.74) is 0.195. The van der Waals surface area contributed by atoms with Crippen molar-refractivity contribution in [2.45, 2.75) is 50.2 Å². The highest BCUT2D eigenvalue weighted by atomic mass is 79.9. The highest BCUT2D eigenvalue weighted by Crippen LogP contribution is 2.43. The summed E-state index contributed by atoms with van der Waals surface area (Å²) in [4.78, 5) is 4.15. The summed E-state index contributed by atoms with van der Waals surface area (Å²) >= 11 is 3.39. The second-order valence-electron chi connectivity index (χ2n) is 5.27. The molecule has 2 fully saturated rings. The quantitative estimate of drug-likeness (QED) is 0.797. The van der Waals surface area contributed by atoms with Crippen molar-refractivity contribution in [2.24, 2.45) is 0 Å². The first-order valence-electron chi connectivity index (χ1n) is 6.69. The average Bonchev–Trinajstić information content (AvgIpc) is 3.00. The van der Waals surface area contributed by atoms with Crippen molar-refractivity contribution in [2.75, 3.05) is 6.61 Å². The zero-order valence-corrected chi connectivity index (χ0v) is 12.0. The third-order valence-electron chi connectivity index (χ3n) is 4.00. The average molecular weight is 312 g/mol. The van der Waals surface area contributed by atoms with Crippen LogP contribution in [-0.2, 0) is 4.74 Å². The lowest BCUT2D eigenvalue weighted by atomic mass is 9.98. The van der Waals surface area contributed by atoms with Crippen LogP contribution < -0.4 is 4.74 Å². The van der Waals surface area contributed by atoms with E-state index in [1.165, 1.54) is 32.1 Å². The van der Waals surface area contributed by atoms with Crippen molar-refractivity contribution >= 4 is 15.9 Å². The van der Waals surface area contributed by atoms with E-state index in [1.54, 1.807) is 6.20 Å². The van der Waals surface area contributed by atoms with Gasteiger partial charge >= 0.3 is 0 Å². The molecule has 1 aliphatic carbocycles. The molecule has 0 amide bonds. The van der Waals surface area contributed by atoms with Crippen LogP contribution in [0, 0.1) is 0 Å². The summed E-state index contributed by atoms with van der Waals surface area (Å²) in [5.74, 6) is 0.800. The minimum absolute atomic E-state index is 0.195. The van der Waals surface area contributed by atoms with Crippen LogP contribution >= 0.6 is 15.9 Å². The molecule has 2 aliphatic rings. The topological polar surface area (TPSA) is 31.4 Å². The van der Waals surface area contributed by atoms with E-state index >= 15 is 0 Å². The van der Waals surface area contributed by atoms with E-state index in [0.29, 0.717) is 6.61 Å². The number of aromatic nitrogens is 1. The van der Waals surface area contributed by atoms with Crippen LogP contribution in [0.25, 0.3) is 0 Å². The van der Waals surface area contributed by atoms with Crippen molar-refractivity contribution in [3.63, 3.8) is 0 Å². The van der Waals surface area contributed by atoms with Crippen molar-refractivity contribution in [3.8, 4) is 5.75 Å². The Morgan fingerprint density at radius 1 is 1.39 bits per heavy atom. The normalized spacial score (nSPS) is 25.7. The lowest BCUT2D eigenvalue weighted by Gasteiger charge is -2.23. The van der Waals surface area contributed by atoms with E-state index in [4.69, 9.17) is 9.47 Å². The molecule has 1 unspecified atom stereocenters. The largest absolute Gasteiger partial charge is 0.488 e. The van der Waals surface area contributed by atoms with Crippen LogP contribution in [0.15, 0.2) is 22.9 Å². The molecule has 4 heteroatoms. The Bertz CT molecular complexity index is 418. The minimum atomic E-state index is 0.195. The van der Waals surface area contributed by atoms with E-state index in [0.717, 1.165) is 16.8 Å². The number of pyridine rings is 1. The van der Waals surface area contributed by atoms with Crippen molar-refractivity contribution in [3.05, 3.63) is 22.9 Å². The third-order valence-corrected chi connectivity index (χ3v) is 4.60. The lowest BCUT2D eigenvalue weighted by molar-refractivity contribution is -0.0510. The number of halogens is 1. The molecule has 3 rings (SSSR count). The van der Waals surface area contributed by atoms with Gasteiger partial charge in [-0.25, -0.2) is 4.98 Å². The van der Waals surface area contributed by atoms with Crippen molar-refractivity contribution < 1.29 is 9.47 Å². The van der Waals surface area contributed by atoms with E-state index in [2.05, 4.69) is 20.9 Å². The monoisotopic (exact) mass is 311 g/mol. The van der Waals surface area contributed by atoms with Gasteiger partial charge < -0.3 is 9.47 Å². The fraction of sp³-hybridized carbons (Fsp3) is 0.643. The molecule has 2 heterocycles. The van der Waals surface area contributed by atoms with Gasteiger partial charge in [0.1, 0.15) is 11.2 Å². The van der Waals surface area contributed by atoms with E-state index in [-0.39, 0.29) is 11.7 Å². The Labute approximate surface area is 116 Å². The summed E-state index contributed by atoms with van der Waals surface area (Å²) in [6.07, 6.45) is 9.43. The highest BCUT2D eigenvalue weighted by molar-refractivity contribution is 9.10. The molecule has 98 valence electrons. The Morgan fingerprint density at radius 3 is 3.00 bits per heavy atom. The Balaban J connectivity index is 1.54. The molecular formula is C14H18BrNO2. The molecule has 0 aromatic carbocycles. The van der Waals surface area contributed by atoms with Gasteiger partial charge in [-0.1, -0.05) is 12.8 Å². The summed E-state index contributed by atoms with van der Waals surface area (Å²) in [7, 11) is 0. The van der Waals surface area contributed by atoms with E-state index < -0.39 is 0 Å². The number of nitrogens with zero attached hydrogens (tertiary/aromatic N) is 1. The predicted octanol–water partition coefficient (Wildman–Crippen LogP) is 3.71. The van der Waals surface area contributed by atoms with Gasteiger partial charge in [0.2, 0.25) is 0 Å². The summed E-state index contributed by atoms with van der Waals surface area (Å²) < 4.78 is 12.8. The summed E-state index contributed by atoms with van der Waals surface area (Å²) in [5, 5.41) is 0. The summed E-state index contributed by atoms with van der Waals surface area (Å²) in [6.45, 7) is 0.631. The standard InChI is InChI=1S/C14H18BrNO2/c15-13-12(4-3-9-16-13)17-10-11-5-8-14(18-11)6-1-2-7-14/h3-4,9,11H,1-2,5-8,10H2. The molecular weight excluding hydrogens is 294 g/mol. The zero-order chi connectivity index (χ0) is 12.4. The van der Waals surface area contributed by atoms with Crippen LogP contribution in [0.2, 0.25) is 0 Å². The molecule has 1 saturated carbocycles. The number of rotatable bonds is 3. The summed E-state index contributed by atoms with van der Waals surface area (Å²) in [6, 6.07) is 3.81. The van der Waals surface area contributed by atoms with Crippen LogP contribution in [-0.4, -0.2) is 23.3 Å². The van der Waals surface area contributed by atoms with Crippen molar-refractivity contribution in [1.82, 2.24) is 4.98 Å². The van der Waals surface area contributed by atoms with Gasteiger partial charge in [-0.05, 0) is 53.7 Å². The van der Waals surface area contributed by atoms with Gasteiger partial charge in [0.15, 0.2) is 5.75 Å². The Hall–Kier alpha value is -0.610. The molecule has 1 saturated heterocycles. The van der Waals surface area contributed by atoms with E-state index in [9.17, 15) is 0 Å². The molecule has 1 aromatic rings. The maximum Gasteiger partial charge on any atom is 0.152 e. The Morgan fingerprint density at radius 2 is 2.22 bits per heavy atom. The lowest BCUT2D eigenvalue weighted by Crippen LogP contribution is -2.27. The third kappa shape index (κ3) is 2.54. The first kappa shape index (κ1) is 12.4. The Kier molecular flexibility index (Phi) is 3.57. The van der Waals surface area contributed by atoms with Crippen LogP contribution in [0.1, 0.15) is 38.5 Å². The van der Waals surface area contributed by atoms with Gasteiger partial charge in [-0.2, -0.15) is 0 Å². The molecule has 1 aromatic heterocycles. The molecule has 1 aliphatic heterocycles. The molecule has 18 heavy (non-hydrogen) atoms. The molecule has 0 bridgehead atoms. The smallest absolute Gasteiger partial charge is 0.152 e. The van der Waals surface area contributed by atoms with Crippen LogP contribution in [0.3, 0.4) is 0 Å². The molecule has 0 radical (unpaired) electrons. The van der Waals surface area contributed by atoms with Gasteiger partial charge in [0.05, 0.1) is 11.7 Å². The number of hydrogen-bond donors (Lipinski definition) is 0. The van der Waals surface area contributed by atoms with Gasteiger partial charge in [0.25, 0.3) is 0 Å². The minimum Gasteiger partial charge on any atom is -0.488 e. The maximum atomic E-state index is 6.21. The van der Waals surface area contributed by atoms with Gasteiger partial charge in [-0.15, -0.1) is 0 Å². The van der Waals surface area contributed by atoms with E-state index in [1.807, 2.05) is 12.1 Å². The van der Waals surface area contributed by atoms with Gasteiger partial charge in [0, 0.05) is 6.20 Å². The van der Waals surface area contributed by atoms with Crippen LogP contribution in [0.4, 0.5) is 0 Å². The van der Waals surface area contributed by atoms with Crippen molar-refractivity contribution in [1.29, 1.82) is 0 Å². The van der Waals surface area contributed by atoms with Crippen LogP contribution in [0.5, 0.6) is 5.75 Å². The molecule has 1 atom stereocenters. The number of ether oxygens (including phenoxy) is 2. The zero-order valence-electron chi connectivity index (χ0n) is 10.4. The fourth-order valence-electron chi connectivity index (χ4n) is 3.06.